The SMILES string of the molecule is COc1cc(OC)c(C2NC(=S)NC(c3ccccc3)=C2C(=O)Nc2ccccn2)cc1OC. The lowest BCUT2D eigenvalue weighted by atomic mass is 9.91. The fourth-order valence-electron chi connectivity index (χ4n) is 3.77. The first kappa shape index (κ1) is 23.1. The van der Waals surface area contributed by atoms with Crippen molar-refractivity contribution in [3.8, 4) is 17.2 Å². The topological polar surface area (TPSA) is 93.7 Å². The molecule has 0 radical (unpaired) electrons. The number of thiocarbonyl (C=S) groups is 1. The number of benzene rings is 2. The molecule has 8 nitrogen and oxygen atoms in total. The average Bonchev–Trinajstić information content (AvgIpc) is 2.88. The average molecular weight is 477 g/mol. The van der Waals surface area contributed by atoms with Gasteiger partial charge >= 0.3 is 0 Å². The van der Waals surface area contributed by atoms with Crippen LogP contribution in [0.3, 0.4) is 0 Å². The molecule has 0 saturated heterocycles. The number of nitrogens with one attached hydrogen (secondary N) is 3. The quantitative estimate of drug-likeness (QED) is 0.445. The number of aromatic nitrogens is 1. The number of anilines is 1. The number of methoxy groups -OCH3 is 3. The molecule has 0 spiro atoms. The van der Waals surface area contributed by atoms with Crippen molar-refractivity contribution in [2.45, 2.75) is 6.04 Å². The molecule has 1 aromatic heterocycles. The van der Waals surface area contributed by atoms with Gasteiger partial charge < -0.3 is 30.2 Å². The number of rotatable bonds is 7. The first-order valence-corrected chi connectivity index (χ1v) is 10.9. The minimum atomic E-state index is -0.651. The lowest BCUT2D eigenvalue weighted by molar-refractivity contribution is -0.113. The number of carbonyl (C=O) groups excluding carboxylic acids is 1. The largest absolute Gasteiger partial charge is 0.496 e. The van der Waals surface area contributed by atoms with Gasteiger partial charge in [0.1, 0.15) is 11.6 Å². The molecule has 0 bridgehead atoms. The van der Waals surface area contributed by atoms with Crippen LogP contribution < -0.4 is 30.2 Å². The van der Waals surface area contributed by atoms with Gasteiger partial charge in [0.25, 0.3) is 5.91 Å². The van der Waals surface area contributed by atoms with Gasteiger partial charge in [-0.3, -0.25) is 4.79 Å². The standard InChI is InChI=1S/C25H24N4O4S/c1-31-17-14-19(33-3)18(32-2)13-16(17)23-21(24(30)27-20-11-7-8-12-26-20)22(28-25(34)29-23)15-9-5-4-6-10-15/h4-14,23H,1-3H3,(H,26,27,30)(H2,28,29,34). The maximum atomic E-state index is 13.7. The van der Waals surface area contributed by atoms with Gasteiger partial charge in [-0.25, -0.2) is 4.98 Å². The Balaban J connectivity index is 1.91. The summed E-state index contributed by atoms with van der Waals surface area (Å²) in [6.45, 7) is 0. The lowest BCUT2D eigenvalue weighted by Gasteiger charge is -2.32. The second-order valence-electron chi connectivity index (χ2n) is 7.30. The van der Waals surface area contributed by atoms with Crippen LogP contribution >= 0.6 is 12.2 Å². The van der Waals surface area contributed by atoms with Gasteiger partial charge in [-0.2, -0.15) is 0 Å². The fourth-order valence-corrected chi connectivity index (χ4v) is 3.99. The van der Waals surface area contributed by atoms with Crippen molar-refractivity contribution in [1.82, 2.24) is 15.6 Å². The Hall–Kier alpha value is -4.11. The Morgan fingerprint density at radius 3 is 2.26 bits per heavy atom. The maximum absolute atomic E-state index is 13.7. The summed E-state index contributed by atoms with van der Waals surface area (Å²) in [6, 6.07) is 17.7. The molecule has 0 saturated carbocycles. The molecule has 9 heteroatoms. The van der Waals surface area contributed by atoms with E-state index in [9.17, 15) is 4.79 Å². The number of ether oxygens (including phenoxy) is 3. The van der Waals surface area contributed by atoms with Gasteiger partial charge in [-0.15, -0.1) is 0 Å². The molecule has 1 aliphatic heterocycles. The third-order valence-electron chi connectivity index (χ3n) is 5.33. The van der Waals surface area contributed by atoms with Crippen molar-refractivity contribution in [2.75, 3.05) is 26.6 Å². The van der Waals surface area contributed by atoms with E-state index in [1.54, 1.807) is 57.9 Å². The Labute approximate surface area is 202 Å². The number of hydrogen-bond acceptors (Lipinski definition) is 6. The molecular formula is C25H24N4O4S. The zero-order valence-corrected chi connectivity index (χ0v) is 19.7. The van der Waals surface area contributed by atoms with E-state index in [0.29, 0.717) is 45.0 Å². The van der Waals surface area contributed by atoms with Crippen LogP contribution in [-0.4, -0.2) is 37.3 Å². The van der Waals surface area contributed by atoms with Gasteiger partial charge in [0.15, 0.2) is 16.6 Å². The molecule has 1 amide bonds. The highest BCUT2D eigenvalue weighted by molar-refractivity contribution is 7.80. The highest BCUT2D eigenvalue weighted by Gasteiger charge is 2.35. The molecule has 3 N–H and O–H groups in total. The first-order chi connectivity index (χ1) is 16.5. The monoisotopic (exact) mass is 476 g/mol. The predicted molar refractivity (Wildman–Crippen MR) is 134 cm³/mol. The number of pyridine rings is 1. The van der Waals surface area contributed by atoms with Crippen LogP contribution in [-0.2, 0) is 4.79 Å². The smallest absolute Gasteiger partial charge is 0.257 e. The Kier molecular flexibility index (Phi) is 6.93. The van der Waals surface area contributed by atoms with Gasteiger partial charge in [0.05, 0.1) is 38.6 Å². The minimum Gasteiger partial charge on any atom is -0.496 e. The summed E-state index contributed by atoms with van der Waals surface area (Å²) in [6.07, 6.45) is 1.61. The summed E-state index contributed by atoms with van der Waals surface area (Å²) in [5, 5.41) is 9.63. The highest BCUT2D eigenvalue weighted by Crippen LogP contribution is 2.41. The zero-order chi connectivity index (χ0) is 24.1. The summed E-state index contributed by atoms with van der Waals surface area (Å²) in [4.78, 5) is 17.9. The zero-order valence-electron chi connectivity index (χ0n) is 18.9. The summed E-state index contributed by atoms with van der Waals surface area (Å²) in [5.74, 6) is 1.59. The van der Waals surface area contributed by atoms with Crippen LogP contribution in [0, 0.1) is 0 Å². The summed E-state index contributed by atoms with van der Waals surface area (Å²) in [5.41, 5.74) is 2.46. The molecule has 4 rings (SSSR count). The number of hydrogen-bond donors (Lipinski definition) is 3. The summed E-state index contributed by atoms with van der Waals surface area (Å²) in [7, 11) is 4.65. The van der Waals surface area contributed by atoms with Crippen LogP contribution in [0.5, 0.6) is 17.2 Å². The van der Waals surface area contributed by atoms with E-state index in [1.165, 1.54) is 0 Å². The van der Waals surface area contributed by atoms with Crippen molar-refractivity contribution in [1.29, 1.82) is 0 Å². The molecule has 2 aromatic carbocycles. The van der Waals surface area contributed by atoms with E-state index in [4.69, 9.17) is 26.4 Å². The maximum Gasteiger partial charge on any atom is 0.257 e. The second kappa shape index (κ2) is 10.2. The van der Waals surface area contributed by atoms with E-state index in [1.807, 2.05) is 30.3 Å². The van der Waals surface area contributed by atoms with E-state index in [-0.39, 0.29) is 5.91 Å². The van der Waals surface area contributed by atoms with Crippen LogP contribution in [0.4, 0.5) is 5.82 Å². The molecule has 0 aliphatic carbocycles. The van der Waals surface area contributed by atoms with Crippen LogP contribution in [0.15, 0.2) is 72.4 Å². The summed E-state index contributed by atoms with van der Waals surface area (Å²) >= 11 is 5.52. The van der Waals surface area contributed by atoms with E-state index in [2.05, 4.69) is 20.9 Å². The minimum absolute atomic E-state index is 0.345. The Morgan fingerprint density at radius 2 is 1.62 bits per heavy atom. The van der Waals surface area contributed by atoms with Crippen LogP contribution in [0.1, 0.15) is 17.2 Å². The van der Waals surface area contributed by atoms with E-state index >= 15 is 0 Å². The normalized spacial score (nSPS) is 15.1. The van der Waals surface area contributed by atoms with E-state index < -0.39 is 6.04 Å². The molecule has 2 heterocycles. The van der Waals surface area contributed by atoms with Crippen LogP contribution in [0.2, 0.25) is 0 Å². The number of amides is 1. The Morgan fingerprint density at radius 1 is 0.941 bits per heavy atom. The molecule has 1 aliphatic rings. The molecule has 0 fully saturated rings. The van der Waals surface area contributed by atoms with Crippen molar-refractivity contribution in [3.05, 3.63) is 83.6 Å². The number of nitrogens with zero attached hydrogens (tertiary/aromatic N) is 1. The van der Waals surface area contributed by atoms with Crippen molar-refractivity contribution < 1.29 is 19.0 Å². The molecule has 1 atom stereocenters. The van der Waals surface area contributed by atoms with Crippen molar-refractivity contribution in [3.63, 3.8) is 0 Å². The molecule has 3 aromatic rings. The third kappa shape index (κ3) is 4.65. The van der Waals surface area contributed by atoms with Gasteiger partial charge in [0, 0.05) is 17.8 Å². The second-order valence-corrected chi connectivity index (χ2v) is 7.71. The van der Waals surface area contributed by atoms with Crippen molar-refractivity contribution >= 4 is 34.8 Å². The van der Waals surface area contributed by atoms with Gasteiger partial charge in [-0.05, 0) is 36.0 Å². The lowest BCUT2D eigenvalue weighted by Crippen LogP contribution is -2.46. The first-order valence-electron chi connectivity index (χ1n) is 10.4. The summed E-state index contributed by atoms with van der Waals surface area (Å²) < 4.78 is 16.6. The molecule has 1 unspecified atom stereocenters. The molecule has 174 valence electrons. The number of carbonyl (C=O) groups is 1. The van der Waals surface area contributed by atoms with Crippen molar-refractivity contribution in [2.24, 2.45) is 0 Å². The van der Waals surface area contributed by atoms with Gasteiger partial charge in [0.2, 0.25) is 0 Å². The van der Waals surface area contributed by atoms with Crippen LogP contribution in [0.25, 0.3) is 5.70 Å². The van der Waals surface area contributed by atoms with E-state index in [0.717, 1.165) is 5.56 Å². The fraction of sp³-hybridized carbons (Fsp3) is 0.160. The molecule has 34 heavy (non-hydrogen) atoms. The van der Waals surface area contributed by atoms with Gasteiger partial charge in [-0.1, -0.05) is 36.4 Å². The third-order valence-corrected chi connectivity index (χ3v) is 5.55. The predicted octanol–water partition coefficient (Wildman–Crippen LogP) is 3.68. The highest BCUT2D eigenvalue weighted by atomic mass is 32.1. The Bertz CT molecular complexity index is 1230. The molecular weight excluding hydrogens is 452 g/mol.